The highest BCUT2D eigenvalue weighted by molar-refractivity contribution is 5.96. The molecule has 0 saturated carbocycles. The van der Waals surface area contributed by atoms with Gasteiger partial charge in [0.15, 0.2) is 0 Å². The topological polar surface area (TPSA) is 85.0 Å². The summed E-state index contributed by atoms with van der Waals surface area (Å²) < 4.78 is 3.94. The molecule has 1 unspecified atom stereocenters. The lowest BCUT2D eigenvalue weighted by molar-refractivity contribution is -0.124. The van der Waals surface area contributed by atoms with E-state index in [9.17, 15) is 9.59 Å². The molecule has 3 aromatic rings. The summed E-state index contributed by atoms with van der Waals surface area (Å²) in [6, 6.07) is 7.66. The molecule has 0 bridgehead atoms. The van der Waals surface area contributed by atoms with Gasteiger partial charge >= 0.3 is 0 Å². The zero-order valence-electron chi connectivity index (χ0n) is 17.1. The van der Waals surface area contributed by atoms with Gasteiger partial charge in [-0.15, -0.1) is 0 Å². The molecule has 0 radical (unpaired) electrons. The fraction of sp³-hybridized carbons (Fsp3) is 0.364. The molecule has 3 heterocycles. The highest BCUT2D eigenvalue weighted by Gasteiger charge is 2.32. The number of amides is 2. The van der Waals surface area contributed by atoms with Crippen LogP contribution in [0, 0.1) is 12.8 Å². The molecular formula is C22H26N6O2. The Morgan fingerprint density at radius 2 is 2.07 bits per heavy atom. The third-order valence-corrected chi connectivity index (χ3v) is 5.59. The second-order valence-corrected chi connectivity index (χ2v) is 7.59. The molecule has 8 heteroatoms. The minimum atomic E-state index is -0.167. The molecular weight excluding hydrogens is 380 g/mol. The van der Waals surface area contributed by atoms with Crippen molar-refractivity contribution in [2.24, 2.45) is 5.92 Å². The molecule has 0 aliphatic carbocycles. The summed E-state index contributed by atoms with van der Waals surface area (Å²) in [6.45, 7) is 4.82. The number of nitrogens with zero attached hydrogens (tertiary/aromatic N) is 5. The first-order chi connectivity index (χ1) is 14.6. The lowest BCUT2D eigenvalue weighted by Crippen LogP contribution is -2.36. The van der Waals surface area contributed by atoms with Gasteiger partial charge in [-0.05, 0) is 25.0 Å². The molecule has 1 fully saturated rings. The fourth-order valence-corrected chi connectivity index (χ4v) is 3.82. The number of hydrogen-bond donors (Lipinski definition) is 1. The number of rotatable bonds is 7. The number of aromatic nitrogens is 4. The molecule has 1 N–H and O–H groups in total. The van der Waals surface area contributed by atoms with E-state index in [1.807, 2.05) is 52.7 Å². The van der Waals surface area contributed by atoms with E-state index < -0.39 is 0 Å². The quantitative estimate of drug-likeness (QED) is 0.647. The number of benzene rings is 1. The summed E-state index contributed by atoms with van der Waals surface area (Å²) in [5, 5.41) is 2.97. The van der Waals surface area contributed by atoms with Crippen LogP contribution in [-0.4, -0.2) is 55.5 Å². The van der Waals surface area contributed by atoms with Crippen LogP contribution in [0.5, 0.6) is 0 Å². The number of nitrogens with one attached hydrogen (secondary N) is 1. The van der Waals surface area contributed by atoms with Crippen LogP contribution in [0.15, 0.2) is 55.4 Å². The first-order valence-electron chi connectivity index (χ1n) is 10.2. The predicted molar refractivity (Wildman–Crippen MR) is 112 cm³/mol. The molecule has 1 aliphatic rings. The summed E-state index contributed by atoms with van der Waals surface area (Å²) in [5.74, 6) is 0.732. The average Bonchev–Trinajstić information content (AvgIpc) is 3.51. The standard InChI is InChI=1S/C22H26N6O2/c1-17-24-9-13-27(17)14-18-4-2-3-5-20(18)22(30)28-10-6-19(15-28)21(29)25-8-12-26-11-7-23-16-26/h2-5,7,9,11,13,16,19H,6,8,10,12,14-15H2,1H3,(H,25,29). The van der Waals surface area contributed by atoms with Crippen molar-refractivity contribution >= 4 is 11.8 Å². The van der Waals surface area contributed by atoms with E-state index in [-0.39, 0.29) is 17.7 Å². The molecule has 2 amide bonds. The van der Waals surface area contributed by atoms with E-state index in [0.29, 0.717) is 44.7 Å². The zero-order valence-corrected chi connectivity index (χ0v) is 17.1. The molecule has 1 saturated heterocycles. The van der Waals surface area contributed by atoms with Crippen molar-refractivity contribution in [2.45, 2.75) is 26.4 Å². The van der Waals surface area contributed by atoms with Crippen molar-refractivity contribution in [3.63, 3.8) is 0 Å². The van der Waals surface area contributed by atoms with Gasteiger partial charge < -0.3 is 19.4 Å². The van der Waals surface area contributed by atoms with Gasteiger partial charge in [-0.25, -0.2) is 9.97 Å². The Morgan fingerprint density at radius 1 is 1.20 bits per heavy atom. The largest absolute Gasteiger partial charge is 0.354 e. The van der Waals surface area contributed by atoms with E-state index >= 15 is 0 Å². The summed E-state index contributed by atoms with van der Waals surface area (Å²) in [6.07, 6.45) is 9.67. The summed E-state index contributed by atoms with van der Waals surface area (Å²) in [5.41, 5.74) is 1.64. The maximum atomic E-state index is 13.2. The third kappa shape index (κ3) is 4.42. The van der Waals surface area contributed by atoms with Gasteiger partial charge in [-0.1, -0.05) is 18.2 Å². The number of aryl methyl sites for hydroxylation is 1. The Labute approximate surface area is 175 Å². The van der Waals surface area contributed by atoms with Crippen molar-refractivity contribution in [1.29, 1.82) is 0 Å². The molecule has 1 aromatic carbocycles. The Bertz CT molecular complexity index is 1010. The van der Waals surface area contributed by atoms with E-state index in [0.717, 1.165) is 11.4 Å². The van der Waals surface area contributed by atoms with Gasteiger partial charge in [0, 0.05) is 63.1 Å². The number of imidazole rings is 2. The van der Waals surface area contributed by atoms with E-state index in [4.69, 9.17) is 0 Å². The van der Waals surface area contributed by atoms with Crippen LogP contribution in [0.2, 0.25) is 0 Å². The Hall–Kier alpha value is -3.42. The van der Waals surface area contributed by atoms with Gasteiger partial charge in [0.05, 0.1) is 12.2 Å². The van der Waals surface area contributed by atoms with Gasteiger partial charge in [-0.3, -0.25) is 9.59 Å². The monoisotopic (exact) mass is 406 g/mol. The average molecular weight is 406 g/mol. The fourth-order valence-electron chi connectivity index (χ4n) is 3.82. The number of likely N-dealkylation sites (tertiary alicyclic amines) is 1. The van der Waals surface area contributed by atoms with Crippen LogP contribution in [0.25, 0.3) is 0 Å². The minimum Gasteiger partial charge on any atom is -0.354 e. The van der Waals surface area contributed by atoms with Gasteiger partial charge in [0.1, 0.15) is 5.82 Å². The number of carbonyl (C=O) groups excluding carboxylic acids is 2. The normalized spacial score (nSPS) is 16.0. The van der Waals surface area contributed by atoms with Crippen LogP contribution in [0.1, 0.15) is 28.2 Å². The molecule has 1 atom stereocenters. The maximum Gasteiger partial charge on any atom is 0.254 e. The zero-order chi connectivity index (χ0) is 20.9. The van der Waals surface area contributed by atoms with Crippen molar-refractivity contribution in [2.75, 3.05) is 19.6 Å². The van der Waals surface area contributed by atoms with Gasteiger partial charge in [0.2, 0.25) is 5.91 Å². The lowest BCUT2D eigenvalue weighted by atomic mass is 10.1. The number of carbonyl (C=O) groups is 2. The molecule has 8 nitrogen and oxygen atoms in total. The second-order valence-electron chi connectivity index (χ2n) is 7.59. The van der Waals surface area contributed by atoms with E-state index in [1.54, 1.807) is 23.6 Å². The van der Waals surface area contributed by atoms with Crippen LogP contribution in [0.3, 0.4) is 0 Å². The molecule has 30 heavy (non-hydrogen) atoms. The molecule has 1 aliphatic heterocycles. The van der Waals surface area contributed by atoms with Crippen LogP contribution in [0.4, 0.5) is 0 Å². The number of hydrogen-bond acceptors (Lipinski definition) is 4. The van der Waals surface area contributed by atoms with Gasteiger partial charge in [-0.2, -0.15) is 0 Å². The SMILES string of the molecule is Cc1nccn1Cc1ccccc1C(=O)N1CCC(C(=O)NCCn2ccnc2)C1. The summed E-state index contributed by atoms with van der Waals surface area (Å²) in [7, 11) is 0. The highest BCUT2D eigenvalue weighted by atomic mass is 16.2. The first kappa shape index (κ1) is 19.9. The highest BCUT2D eigenvalue weighted by Crippen LogP contribution is 2.21. The predicted octanol–water partition coefficient (Wildman–Crippen LogP) is 1.71. The summed E-state index contributed by atoms with van der Waals surface area (Å²) >= 11 is 0. The Morgan fingerprint density at radius 3 is 2.83 bits per heavy atom. The van der Waals surface area contributed by atoms with E-state index in [2.05, 4.69) is 15.3 Å². The lowest BCUT2D eigenvalue weighted by Gasteiger charge is -2.19. The van der Waals surface area contributed by atoms with Crippen molar-refractivity contribution in [3.8, 4) is 0 Å². The van der Waals surface area contributed by atoms with Crippen LogP contribution in [-0.2, 0) is 17.9 Å². The third-order valence-electron chi connectivity index (χ3n) is 5.59. The molecule has 4 rings (SSSR count). The van der Waals surface area contributed by atoms with Crippen LogP contribution < -0.4 is 5.32 Å². The minimum absolute atomic E-state index is 0.00717. The first-order valence-corrected chi connectivity index (χ1v) is 10.2. The Kier molecular flexibility index (Phi) is 5.92. The van der Waals surface area contributed by atoms with Crippen LogP contribution >= 0.6 is 0 Å². The van der Waals surface area contributed by atoms with Crippen molar-refractivity contribution < 1.29 is 9.59 Å². The van der Waals surface area contributed by atoms with Crippen molar-refractivity contribution in [1.82, 2.24) is 29.3 Å². The van der Waals surface area contributed by atoms with Gasteiger partial charge in [0.25, 0.3) is 5.91 Å². The maximum absolute atomic E-state index is 13.2. The van der Waals surface area contributed by atoms with E-state index in [1.165, 1.54) is 0 Å². The molecule has 2 aromatic heterocycles. The van der Waals surface area contributed by atoms with Crippen molar-refractivity contribution in [3.05, 3.63) is 72.3 Å². The Balaban J connectivity index is 1.35. The second kappa shape index (κ2) is 8.94. The summed E-state index contributed by atoms with van der Waals surface area (Å²) in [4.78, 5) is 35.7. The molecule has 156 valence electrons. The smallest absolute Gasteiger partial charge is 0.254 e. The molecule has 0 spiro atoms.